The van der Waals surface area contributed by atoms with E-state index in [4.69, 9.17) is 4.52 Å². The third kappa shape index (κ3) is 2.13. The van der Waals surface area contributed by atoms with Crippen LogP contribution >= 0.6 is 0 Å². The minimum absolute atomic E-state index is 0.393. The molecule has 1 aliphatic rings. The Balaban J connectivity index is 1.77. The first-order valence-corrected chi connectivity index (χ1v) is 6.18. The maximum Gasteiger partial charge on any atom is 0.280 e. The predicted molar refractivity (Wildman–Crippen MR) is 63.8 cm³/mol. The first-order chi connectivity index (χ1) is 8.72. The zero-order valence-corrected chi connectivity index (χ0v) is 10.5. The van der Waals surface area contributed by atoms with Crippen molar-refractivity contribution in [2.24, 2.45) is 5.92 Å². The summed E-state index contributed by atoms with van der Waals surface area (Å²) in [6.07, 6.45) is 2.67. The van der Waals surface area contributed by atoms with E-state index in [0.29, 0.717) is 23.5 Å². The molecule has 3 rings (SSSR count). The standard InChI is InChI=1S/C11H16N6O/c1-7(2)3-10-13-11(18-15-10)9-6-17(16-14-9)8-4-12-5-8/h6-8,12H,3-5H2,1-2H3. The van der Waals surface area contributed by atoms with Crippen molar-refractivity contribution in [3.63, 3.8) is 0 Å². The SMILES string of the molecule is CC(C)Cc1noc(-c2cn(C3CNC3)nn2)n1. The number of aromatic nitrogens is 5. The largest absolute Gasteiger partial charge is 0.332 e. The highest BCUT2D eigenvalue weighted by Gasteiger charge is 2.21. The van der Waals surface area contributed by atoms with Crippen molar-refractivity contribution in [2.45, 2.75) is 26.3 Å². The summed E-state index contributed by atoms with van der Waals surface area (Å²) in [4.78, 5) is 4.33. The lowest BCUT2D eigenvalue weighted by Gasteiger charge is -2.26. The number of nitrogens with zero attached hydrogens (tertiary/aromatic N) is 5. The van der Waals surface area contributed by atoms with Gasteiger partial charge in [0.1, 0.15) is 0 Å². The van der Waals surface area contributed by atoms with Gasteiger partial charge < -0.3 is 9.84 Å². The second kappa shape index (κ2) is 4.49. The molecule has 7 nitrogen and oxygen atoms in total. The van der Waals surface area contributed by atoms with Crippen LogP contribution in [0.5, 0.6) is 0 Å². The number of hydrogen-bond donors (Lipinski definition) is 1. The summed E-state index contributed by atoms with van der Waals surface area (Å²) in [7, 11) is 0. The van der Waals surface area contributed by atoms with Gasteiger partial charge in [-0.25, -0.2) is 4.68 Å². The minimum Gasteiger partial charge on any atom is -0.332 e. The summed E-state index contributed by atoms with van der Waals surface area (Å²) in [5, 5.41) is 15.3. The highest BCUT2D eigenvalue weighted by Crippen LogP contribution is 2.17. The Hall–Kier alpha value is -1.76. The normalized spacial score (nSPS) is 16.2. The monoisotopic (exact) mass is 248 g/mol. The molecule has 0 saturated carbocycles. The Labute approximate surface area is 105 Å². The average molecular weight is 248 g/mol. The third-order valence-electron chi connectivity index (χ3n) is 2.92. The summed E-state index contributed by atoms with van der Waals surface area (Å²) in [5.74, 6) is 1.68. The van der Waals surface area contributed by atoms with Crippen LogP contribution in [-0.4, -0.2) is 38.2 Å². The Bertz CT molecular complexity index is 527. The number of nitrogens with one attached hydrogen (secondary N) is 1. The van der Waals surface area contributed by atoms with Gasteiger partial charge in [0.15, 0.2) is 11.5 Å². The lowest BCUT2D eigenvalue weighted by Crippen LogP contribution is -2.43. The van der Waals surface area contributed by atoms with Gasteiger partial charge in [-0.15, -0.1) is 5.10 Å². The van der Waals surface area contributed by atoms with E-state index in [0.717, 1.165) is 25.3 Å². The van der Waals surface area contributed by atoms with Crippen LogP contribution in [0.2, 0.25) is 0 Å². The highest BCUT2D eigenvalue weighted by molar-refractivity contribution is 5.43. The van der Waals surface area contributed by atoms with Gasteiger partial charge in [-0.3, -0.25) is 0 Å². The van der Waals surface area contributed by atoms with Crippen LogP contribution in [0.4, 0.5) is 0 Å². The Morgan fingerprint density at radius 1 is 1.50 bits per heavy atom. The molecule has 0 atom stereocenters. The number of rotatable bonds is 4. The van der Waals surface area contributed by atoms with Crippen molar-refractivity contribution in [3.8, 4) is 11.6 Å². The lowest BCUT2D eigenvalue weighted by molar-refractivity contribution is 0.313. The lowest BCUT2D eigenvalue weighted by atomic mass is 10.1. The Kier molecular flexibility index (Phi) is 2.83. The summed E-state index contributed by atoms with van der Waals surface area (Å²) < 4.78 is 7.05. The Morgan fingerprint density at radius 3 is 3.00 bits per heavy atom. The Morgan fingerprint density at radius 2 is 2.33 bits per heavy atom. The quantitative estimate of drug-likeness (QED) is 0.856. The molecule has 0 spiro atoms. The van der Waals surface area contributed by atoms with Crippen LogP contribution in [0.15, 0.2) is 10.7 Å². The van der Waals surface area contributed by atoms with Crippen molar-refractivity contribution in [1.29, 1.82) is 0 Å². The summed E-state index contributed by atoms with van der Waals surface area (Å²) >= 11 is 0. The summed E-state index contributed by atoms with van der Waals surface area (Å²) in [6.45, 7) is 6.11. The fourth-order valence-corrected chi connectivity index (χ4v) is 1.82. The van der Waals surface area contributed by atoms with Gasteiger partial charge >= 0.3 is 0 Å². The molecule has 96 valence electrons. The van der Waals surface area contributed by atoms with E-state index < -0.39 is 0 Å². The van der Waals surface area contributed by atoms with E-state index in [1.165, 1.54) is 0 Å². The average Bonchev–Trinajstić information content (AvgIpc) is 2.83. The van der Waals surface area contributed by atoms with E-state index >= 15 is 0 Å². The molecule has 1 saturated heterocycles. The molecule has 0 unspecified atom stereocenters. The topological polar surface area (TPSA) is 81.7 Å². The van der Waals surface area contributed by atoms with Crippen molar-refractivity contribution < 1.29 is 4.52 Å². The van der Waals surface area contributed by atoms with E-state index in [1.807, 2.05) is 10.9 Å². The molecule has 7 heteroatoms. The van der Waals surface area contributed by atoms with Crippen LogP contribution in [0.3, 0.4) is 0 Å². The predicted octanol–water partition coefficient (Wildman–Crippen LogP) is 0.671. The van der Waals surface area contributed by atoms with Crippen molar-refractivity contribution in [3.05, 3.63) is 12.0 Å². The van der Waals surface area contributed by atoms with Crippen LogP contribution in [0, 0.1) is 5.92 Å². The summed E-state index contributed by atoms with van der Waals surface area (Å²) in [5.41, 5.74) is 0.643. The van der Waals surface area contributed by atoms with Crippen LogP contribution in [0.25, 0.3) is 11.6 Å². The molecule has 0 aliphatic carbocycles. The molecule has 18 heavy (non-hydrogen) atoms. The zero-order valence-electron chi connectivity index (χ0n) is 10.5. The first kappa shape index (κ1) is 11.3. The molecule has 2 aromatic heterocycles. The fraction of sp³-hybridized carbons (Fsp3) is 0.636. The van der Waals surface area contributed by atoms with E-state index in [2.05, 4.69) is 39.6 Å². The van der Waals surface area contributed by atoms with Crippen molar-refractivity contribution in [1.82, 2.24) is 30.5 Å². The van der Waals surface area contributed by atoms with Gasteiger partial charge in [0, 0.05) is 19.5 Å². The molecule has 1 fully saturated rings. The van der Waals surface area contributed by atoms with Gasteiger partial charge in [-0.05, 0) is 5.92 Å². The smallest absolute Gasteiger partial charge is 0.280 e. The molecule has 3 heterocycles. The van der Waals surface area contributed by atoms with Gasteiger partial charge in [0.2, 0.25) is 0 Å². The molecule has 0 radical (unpaired) electrons. The van der Waals surface area contributed by atoms with Gasteiger partial charge in [-0.1, -0.05) is 24.2 Å². The van der Waals surface area contributed by atoms with Crippen LogP contribution < -0.4 is 5.32 Å². The summed E-state index contributed by atoms with van der Waals surface area (Å²) in [6, 6.07) is 0.393. The maximum absolute atomic E-state index is 5.20. The molecule has 1 aliphatic heterocycles. The first-order valence-electron chi connectivity index (χ1n) is 6.18. The van der Waals surface area contributed by atoms with Crippen LogP contribution in [-0.2, 0) is 6.42 Å². The second-order valence-electron chi connectivity index (χ2n) is 5.01. The van der Waals surface area contributed by atoms with Crippen LogP contribution in [0.1, 0.15) is 25.7 Å². The van der Waals surface area contributed by atoms with Gasteiger partial charge in [0.25, 0.3) is 5.89 Å². The molecular formula is C11H16N6O. The second-order valence-corrected chi connectivity index (χ2v) is 5.01. The molecule has 2 aromatic rings. The van der Waals surface area contributed by atoms with E-state index in [9.17, 15) is 0 Å². The van der Waals surface area contributed by atoms with Crippen molar-refractivity contribution in [2.75, 3.05) is 13.1 Å². The van der Waals surface area contributed by atoms with E-state index in [-0.39, 0.29) is 0 Å². The molecule has 0 amide bonds. The fourth-order valence-electron chi connectivity index (χ4n) is 1.82. The maximum atomic E-state index is 5.20. The van der Waals surface area contributed by atoms with Gasteiger partial charge in [0.05, 0.1) is 12.2 Å². The number of hydrogen-bond acceptors (Lipinski definition) is 6. The third-order valence-corrected chi connectivity index (χ3v) is 2.92. The minimum atomic E-state index is 0.393. The molecule has 0 aromatic carbocycles. The molecular weight excluding hydrogens is 232 g/mol. The zero-order chi connectivity index (χ0) is 12.5. The van der Waals surface area contributed by atoms with Gasteiger partial charge in [-0.2, -0.15) is 4.98 Å². The highest BCUT2D eigenvalue weighted by atomic mass is 16.5. The molecule has 1 N–H and O–H groups in total. The molecule has 0 bridgehead atoms. The van der Waals surface area contributed by atoms with E-state index in [1.54, 1.807) is 0 Å². The van der Waals surface area contributed by atoms with Crippen molar-refractivity contribution >= 4 is 0 Å².